The topological polar surface area (TPSA) is 46.6 Å². The molecule has 0 heterocycles. The number of hydrogen-bond acceptors (Lipinski definition) is 3. The SMILES string of the molecule is CN(CC1CCC1)S(=O)(=O)c1ccc(OCCCl)cc1. The normalized spacial score (nSPS) is 16.1. The Bertz CT molecular complexity index is 526. The molecule has 1 fully saturated rings. The van der Waals surface area contributed by atoms with Crippen LogP contribution in [0.25, 0.3) is 0 Å². The van der Waals surface area contributed by atoms with Crippen molar-refractivity contribution in [1.82, 2.24) is 4.31 Å². The van der Waals surface area contributed by atoms with Gasteiger partial charge in [0.05, 0.1) is 10.8 Å². The molecule has 6 heteroatoms. The third kappa shape index (κ3) is 3.65. The van der Waals surface area contributed by atoms with E-state index in [1.807, 2.05) is 0 Å². The molecular formula is C14H20ClNO3S. The maximum atomic E-state index is 12.4. The number of alkyl halides is 1. The van der Waals surface area contributed by atoms with Gasteiger partial charge in [0.15, 0.2) is 0 Å². The molecule has 0 spiro atoms. The van der Waals surface area contributed by atoms with Gasteiger partial charge in [-0.25, -0.2) is 12.7 Å². The van der Waals surface area contributed by atoms with Crippen molar-refractivity contribution in [1.29, 1.82) is 0 Å². The molecule has 4 nitrogen and oxygen atoms in total. The van der Waals surface area contributed by atoms with Crippen LogP contribution in [0.1, 0.15) is 19.3 Å². The molecular weight excluding hydrogens is 298 g/mol. The largest absolute Gasteiger partial charge is 0.492 e. The Morgan fingerprint density at radius 2 is 1.95 bits per heavy atom. The highest BCUT2D eigenvalue weighted by Crippen LogP contribution is 2.28. The van der Waals surface area contributed by atoms with Gasteiger partial charge >= 0.3 is 0 Å². The number of halogens is 1. The minimum atomic E-state index is -3.40. The Morgan fingerprint density at radius 3 is 2.45 bits per heavy atom. The molecule has 0 unspecified atom stereocenters. The summed E-state index contributed by atoms with van der Waals surface area (Å²) in [7, 11) is -1.75. The average molecular weight is 318 g/mol. The highest BCUT2D eigenvalue weighted by molar-refractivity contribution is 7.89. The Hall–Kier alpha value is -0.780. The molecule has 20 heavy (non-hydrogen) atoms. The van der Waals surface area contributed by atoms with Gasteiger partial charge in [-0.05, 0) is 43.0 Å². The molecule has 0 bridgehead atoms. The van der Waals surface area contributed by atoms with Crippen LogP contribution in [0.2, 0.25) is 0 Å². The number of rotatable bonds is 7. The van der Waals surface area contributed by atoms with E-state index in [-0.39, 0.29) is 0 Å². The lowest BCUT2D eigenvalue weighted by Crippen LogP contribution is -2.34. The van der Waals surface area contributed by atoms with Crippen molar-refractivity contribution in [2.45, 2.75) is 24.2 Å². The maximum Gasteiger partial charge on any atom is 0.242 e. The van der Waals surface area contributed by atoms with Gasteiger partial charge in [-0.15, -0.1) is 11.6 Å². The van der Waals surface area contributed by atoms with E-state index in [1.165, 1.54) is 10.7 Å². The smallest absolute Gasteiger partial charge is 0.242 e. The summed E-state index contributed by atoms with van der Waals surface area (Å²) in [5.41, 5.74) is 0. The van der Waals surface area contributed by atoms with Crippen molar-refractivity contribution in [2.24, 2.45) is 5.92 Å². The Labute approximate surface area is 125 Å². The summed E-state index contributed by atoms with van der Waals surface area (Å²) in [5.74, 6) is 1.55. The van der Waals surface area contributed by atoms with E-state index in [4.69, 9.17) is 16.3 Å². The molecule has 1 aliphatic carbocycles. The molecule has 0 aromatic heterocycles. The number of nitrogens with zero attached hydrogens (tertiary/aromatic N) is 1. The van der Waals surface area contributed by atoms with Gasteiger partial charge in [0.25, 0.3) is 0 Å². The average Bonchev–Trinajstić information content (AvgIpc) is 2.40. The molecule has 1 aromatic carbocycles. The fraction of sp³-hybridized carbons (Fsp3) is 0.571. The second-order valence-electron chi connectivity index (χ2n) is 5.09. The van der Waals surface area contributed by atoms with Gasteiger partial charge in [0, 0.05) is 13.6 Å². The summed E-state index contributed by atoms with van der Waals surface area (Å²) in [5, 5.41) is 0. The van der Waals surface area contributed by atoms with Crippen molar-refractivity contribution >= 4 is 21.6 Å². The van der Waals surface area contributed by atoms with Crippen LogP contribution >= 0.6 is 11.6 Å². The summed E-state index contributed by atoms with van der Waals surface area (Å²) in [6.45, 7) is 1.02. The minimum absolute atomic E-state index is 0.303. The zero-order valence-corrected chi connectivity index (χ0v) is 13.2. The van der Waals surface area contributed by atoms with Gasteiger partial charge in [-0.3, -0.25) is 0 Å². The van der Waals surface area contributed by atoms with Crippen molar-refractivity contribution in [3.63, 3.8) is 0 Å². The Balaban J connectivity index is 2.04. The van der Waals surface area contributed by atoms with E-state index in [1.54, 1.807) is 31.3 Å². The number of benzene rings is 1. The van der Waals surface area contributed by atoms with E-state index < -0.39 is 10.0 Å². The highest BCUT2D eigenvalue weighted by atomic mass is 35.5. The lowest BCUT2D eigenvalue weighted by Gasteiger charge is -2.29. The Kier molecular flexibility index (Phi) is 5.29. The molecule has 0 saturated heterocycles. The Morgan fingerprint density at radius 1 is 1.30 bits per heavy atom. The first-order valence-electron chi connectivity index (χ1n) is 6.79. The van der Waals surface area contributed by atoms with Crippen LogP contribution in [-0.2, 0) is 10.0 Å². The molecule has 2 rings (SSSR count). The van der Waals surface area contributed by atoms with Gasteiger partial charge in [0.2, 0.25) is 10.0 Å². The molecule has 112 valence electrons. The summed E-state index contributed by atoms with van der Waals surface area (Å²) < 4.78 is 31.6. The van der Waals surface area contributed by atoms with Crippen LogP contribution in [-0.4, -0.2) is 38.8 Å². The van der Waals surface area contributed by atoms with Gasteiger partial charge in [-0.2, -0.15) is 0 Å². The second kappa shape index (κ2) is 6.78. The van der Waals surface area contributed by atoms with Crippen LogP contribution in [0.3, 0.4) is 0 Å². The van der Waals surface area contributed by atoms with Crippen LogP contribution in [0.4, 0.5) is 0 Å². The zero-order valence-electron chi connectivity index (χ0n) is 11.6. The van der Waals surface area contributed by atoms with Crippen LogP contribution in [0.15, 0.2) is 29.2 Å². The fourth-order valence-electron chi connectivity index (χ4n) is 2.18. The minimum Gasteiger partial charge on any atom is -0.492 e. The molecule has 0 atom stereocenters. The summed E-state index contributed by atoms with van der Waals surface area (Å²) in [6, 6.07) is 6.49. The maximum absolute atomic E-state index is 12.4. The lowest BCUT2D eigenvalue weighted by atomic mass is 9.86. The molecule has 0 aliphatic heterocycles. The van der Waals surface area contributed by atoms with Gasteiger partial charge < -0.3 is 4.74 Å². The number of ether oxygens (including phenoxy) is 1. The van der Waals surface area contributed by atoms with Crippen LogP contribution in [0.5, 0.6) is 5.75 Å². The first-order chi connectivity index (χ1) is 9.54. The molecule has 0 radical (unpaired) electrons. The third-order valence-corrected chi connectivity index (χ3v) is 5.61. The van der Waals surface area contributed by atoms with Crippen molar-refractivity contribution in [2.75, 3.05) is 26.1 Å². The number of sulfonamides is 1. The summed E-state index contributed by atoms with van der Waals surface area (Å²) >= 11 is 5.54. The highest BCUT2D eigenvalue weighted by Gasteiger charge is 2.26. The first-order valence-corrected chi connectivity index (χ1v) is 8.76. The molecule has 1 aliphatic rings. The number of hydrogen-bond donors (Lipinski definition) is 0. The molecule has 1 saturated carbocycles. The molecule has 1 aromatic rings. The quantitative estimate of drug-likeness (QED) is 0.726. The molecule has 0 amide bonds. The van der Waals surface area contributed by atoms with Crippen molar-refractivity contribution in [3.8, 4) is 5.75 Å². The summed E-state index contributed by atoms with van der Waals surface area (Å²) in [4.78, 5) is 0.303. The van der Waals surface area contributed by atoms with E-state index >= 15 is 0 Å². The standard InChI is InChI=1S/C14H20ClNO3S/c1-16(11-12-3-2-4-12)20(17,18)14-7-5-13(6-8-14)19-10-9-15/h5-8,12H,2-4,9-11H2,1H3. The van der Waals surface area contributed by atoms with Gasteiger partial charge in [0.1, 0.15) is 12.4 Å². The van der Waals surface area contributed by atoms with E-state index in [2.05, 4.69) is 0 Å². The summed E-state index contributed by atoms with van der Waals surface area (Å²) in [6.07, 6.45) is 3.47. The van der Waals surface area contributed by atoms with E-state index in [0.29, 0.717) is 35.6 Å². The fourth-order valence-corrected chi connectivity index (χ4v) is 3.51. The van der Waals surface area contributed by atoms with Crippen LogP contribution in [0, 0.1) is 5.92 Å². The van der Waals surface area contributed by atoms with Gasteiger partial charge in [-0.1, -0.05) is 6.42 Å². The van der Waals surface area contributed by atoms with Crippen LogP contribution < -0.4 is 4.74 Å². The van der Waals surface area contributed by atoms with E-state index in [0.717, 1.165) is 12.8 Å². The third-order valence-electron chi connectivity index (χ3n) is 3.62. The predicted octanol–water partition coefficient (Wildman–Crippen LogP) is 2.72. The zero-order chi connectivity index (χ0) is 14.6. The van der Waals surface area contributed by atoms with Crippen molar-refractivity contribution in [3.05, 3.63) is 24.3 Å². The van der Waals surface area contributed by atoms with E-state index in [9.17, 15) is 8.42 Å². The van der Waals surface area contributed by atoms with Crippen molar-refractivity contribution < 1.29 is 13.2 Å². The predicted molar refractivity (Wildman–Crippen MR) is 79.8 cm³/mol. The second-order valence-corrected chi connectivity index (χ2v) is 7.51. The molecule has 0 N–H and O–H groups in total. The monoisotopic (exact) mass is 317 g/mol. The first kappa shape index (κ1) is 15.6. The lowest BCUT2D eigenvalue weighted by molar-refractivity contribution is 0.263.